The Morgan fingerprint density at radius 2 is 2.00 bits per heavy atom. The van der Waals surface area contributed by atoms with E-state index in [2.05, 4.69) is 15.4 Å². The third kappa shape index (κ3) is 2.57. The number of nitrogens with two attached hydrogens (primary N) is 1. The molecule has 0 fully saturated rings. The minimum atomic E-state index is 0.423. The molecule has 1 aromatic carbocycles. The van der Waals surface area contributed by atoms with Crippen molar-refractivity contribution in [2.45, 2.75) is 0 Å². The molecule has 2 rings (SSSR count). The number of ether oxygens (including phenoxy) is 2. The van der Waals surface area contributed by atoms with Crippen LogP contribution in [0.1, 0.15) is 0 Å². The Balaban J connectivity index is 2.44. The van der Waals surface area contributed by atoms with Gasteiger partial charge in [-0.3, -0.25) is 0 Å². The van der Waals surface area contributed by atoms with Crippen LogP contribution in [-0.2, 0) is 0 Å². The first-order valence-corrected chi connectivity index (χ1v) is 5.94. The van der Waals surface area contributed by atoms with Crippen molar-refractivity contribution < 1.29 is 9.47 Å². The molecule has 0 aliphatic carbocycles. The molecule has 0 spiro atoms. The number of nitrogens with one attached hydrogen (secondary N) is 1. The van der Waals surface area contributed by atoms with Crippen LogP contribution in [0.2, 0.25) is 0 Å². The lowest BCUT2D eigenvalue weighted by Gasteiger charge is -2.21. The maximum Gasteiger partial charge on any atom is 0.206 e. The Hall–Kier alpha value is -2.54. The summed E-state index contributed by atoms with van der Waals surface area (Å²) < 4.78 is 10.5. The smallest absolute Gasteiger partial charge is 0.206 e. The van der Waals surface area contributed by atoms with Gasteiger partial charge < -0.3 is 19.8 Å². The first-order chi connectivity index (χ1) is 9.71. The number of benzene rings is 1. The SMILES string of the molecule is COc1cccc(N(C)c2ncnc(NN)c2OC)c1. The van der Waals surface area contributed by atoms with Crippen molar-refractivity contribution in [2.24, 2.45) is 5.84 Å². The van der Waals surface area contributed by atoms with Crippen LogP contribution in [0.4, 0.5) is 17.3 Å². The van der Waals surface area contributed by atoms with Crippen molar-refractivity contribution >= 4 is 17.3 Å². The Morgan fingerprint density at radius 1 is 1.20 bits per heavy atom. The van der Waals surface area contributed by atoms with Gasteiger partial charge in [0.25, 0.3) is 0 Å². The van der Waals surface area contributed by atoms with Crippen LogP contribution in [0, 0.1) is 0 Å². The fraction of sp³-hybridized carbons (Fsp3) is 0.231. The lowest BCUT2D eigenvalue weighted by Crippen LogP contribution is -2.16. The largest absolute Gasteiger partial charge is 0.497 e. The molecule has 0 saturated carbocycles. The van der Waals surface area contributed by atoms with Crippen LogP contribution in [-0.4, -0.2) is 31.2 Å². The topological polar surface area (TPSA) is 85.5 Å². The summed E-state index contributed by atoms with van der Waals surface area (Å²) in [5.74, 6) is 7.68. The van der Waals surface area contributed by atoms with Crippen molar-refractivity contribution in [3.8, 4) is 11.5 Å². The van der Waals surface area contributed by atoms with Gasteiger partial charge in [-0.1, -0.05) is 6.07 Å². The Labute approximate surface area is 117 Å². The molecule has 20 heavy (non-hydrogen) atoms. The van der Waals surface area contributed by atoms with E-state index in [1.165, 1.54) is 6.33 Å². The van der Waals surface area contributed by atoms with Crippen LogP contribution >= 0.6 is 0 Å². The second-order valence-electron chi connectivity index (χ2n) is 3.98. The van der Waals surface area contributed by atoms with Gasteiger partial charge in [0.15, 0.2) is 11.6 Å². The minimum Gasteiger partial charge on any atom is -0.497 e. The average molecular weight is 275 g/mol. The molecular weight excluding hydrogens is 258 g/mol. The van der Waals surface area contributed by atoms with E-state index in [9.17, 15) is 0 Å². The van der Waals surface area contributed by atoms with Crippen molar-refractivity contribution in [3.63, 3.8) is 0 Å². The zero-order valence-electron chi connectivity index (χ0n) is 11.6. The second kappa shape index (κ2) is 6.07. The minimum absolute atomic E-state index is 0.423. The number of hydrogen-bond acceptors (Lipinski definition) is 7. The van der Waals surface area contributed by atoms with Gasteiger partial charge in [-0.05, 0) is 12.1 Å². The molecule has 0 radical (unpaired) electrons. The molecule has 106 valence electrons. The van der Waals surface area contributed by atoms with Crippen molar-refractivity contribution in [1.29, 1.82) is 0 Å². The van der Waals surface area contributed by atoms with Gasteiger partial charge in [0.05, 0.1) is 14.2 Å². The third-order valence-electron chi connectivity index (χ3n) is 2.88. The standard InChI is InChI=1S/C13H17N5O2/c1-18(9-5-4-6-10(7-9)19-2)13-11(20-3)12(17-14)15-8-16-13/h4-8H,14H2,1-3H3,(H,15,16,17). The normalized spacial score (nSPS) is 10.0. The third-order valence-corrected chi connectivity index (χ3v) is 2.88. The number of anilines is 3. The number of rotatable bonds is 5. The number of nitrogens with zero attached hydrogens (tertiary/aromatic N) is 3. The molecule has 1 heterocycles. The van der Waals surface area contributed by atoms with Gasteiger partial charge in [0.2, 0.25) is 5.75 Å². The lowest BCUT2D eigenvalue weighted by atomic mass is 10.2. The van der Waals surface area contributed by atoms with Crippen LogP contribution < -0.4 is 25.6 Å². The molecule has 0 bridgehead atoms. The molecule has 0 aliphatic heterocycles. The predicted octanol–water partition coefficient (Wildman–Crippen LogP) is 1.55. The molecular formula is C13H17N5O2. The van der Waals surface area contributed by atoms with Crippen LogP contribution in [0.15, 0.2) is 30.6 Å². The monoisotopic (exact) mass is 275 g/mol. The lowest BCUT2D eigenvalue weighted by molar-refractivity contribution is 0.413. The fourth-order valence-electron chi connectivity index (χ4n) is 1.84. The molecule has 2 aromatic rings. The van der Waals surface area contributed by atoms with E-state index in [1.807, 2.05) is 36.2 Å². The number of hydrazine groups is 1. The molecule has 3 N–H and O–H groups in total. The number of methoxy groups -OCH3 is 2. The van der Waals surface area contributed by atoms with Crippen molar-refractivity contribution in [1.82, 2.24) is 9.97 Å². The Morgan fingerprint density at radius 3 is 2.65 bits per heavy atom. The molecule has 0 amide bonds. The van der Waals surface area contributed by atoms with Crippen LogP contribution in [0.3, 0.4) is 0 Å². The van der Waals surface area contributed by atoms with E-state index in [0.717, 1.165) is 11.4 Å². The molecule has 0 aliphatic rings. The maximum atomic E-state index is 5.42. The van der Waals surface area contributed by atoms with Gasteiger partial charge in [-0.2, -0.15) is 0 Å². The highest BCUT2D eigenvalue weighted by atomic mass is 16.5. The highest BCUT2D eigenvalue weighted by Crippen LogP contribution is 2.35. The Kier molecular flexibility index (Phi) is 4.21. The second-order valence-corrected chi connectivity index (χ2v) is 3.98. The fourth-order valence-corrected chi connectivity index (χ4v) is 1.84. The molecule has 1 aromatic heterocycles. The van der Waals surface area contributed by atoms with Gasteiger partial charge in [-0.25, -0.2) is 15.8 Å². The highest BCUT2D eigenvalue weighted by molar-refractivity contribution is 5.71. The van der Waals surface area contributed by atoms with E-state index in [-0.39, 0.29) is 0 Å². The highest BCUT2D eigenvalue weighted by Gasteiger charge is 2.16. The van der Waals surface area contributed by atoms with Gasteiger partial charge in [0, 0.05) is 18.8 Å². The Bertz CT molecular complexity index is 591. The van der Waals surface area contributed by atoms with E-state index < -0.39 is 0 Å². The molecule has 0 unspecified atom stereocenters. The molecule has 7 nitrogen and oxygen atoms in total. The summed E-state index contributed by atoms with van der Waals surface area (Å²) in [7, 11) is 5.04. The molecule has 7 heteroatoms. The summed E-state index contributed by atoms with van der Waals surface area (Å²) in [6, 6.07) is 7.62. The first kappa shape index (κ1) is 13.9. The zero-order valence-corrected chi connectivity index (χ0v) is 11.6. The summed E-state index contributed by atoms with van der Waals surface area (Å²) in [6.45, 7) is 0. The molecule has 0 atom stereocenters. The number of aromatic nitrogens is 2. The average Bonchev–Trinajstić information content (AvgIpc) is 2.53. The van der Waals surface area contributed by atoms with Gasteiger partial charge >= 0.3 is 0 Å². The van der Waals surface area contributed by atoms with E-state index >= 15 is 0 Å². The summed E-state index contributed by atoms with van der Waals surface area (Å²) in [6.07, 6.45) is 1.42. The van der Waals surface area contributed by atoms with E-state index in [4.69, 9.17) is 15.3 Å². The summed E-state index contributed by atoms with van der Waals surface area (Å²) in [5.41, 5.74) is 3.40. The first-order valence-electron chi connectivity index (χ1n) is 5.94. The van der Waals surface area contributed by atoms with Crippen molar-refractivity contribution in [2.75, 3.05) is 31.6 Å². The number of nitrogen functional groups attached to an aromatic ring is 1. The summed E-state index contributed by atoms with van der Waals surface area (Å²) in [5, 5.41) is 0. The maximum absolute atomic E-state index is 5.42. The van der Waals surface area contributed by atoms with Gasteiger partial charge in [0.1, 0.15) is 12.1 Å². The predicted molar refractivity (Wildman–Crippen MR) is 77.5 cm³/mol. The summed E-state index contributed by atoms with van der Waals surface area (Å²) >= 11 is 0. The van der Waals surface area contributed by atoms with Crippen molar-refractivity contribution in [3.05, 3.63) is 30.6 Å². The summed E-state index contributed by atoms with van der Waals surface area (Å²) in [4.78, 5) is 10.1. The molecule has 0 saturated heterocycles. The van der Waals surface area contributed by atoms with E-state index in [1.54, 1.807) is 14.2 Å². The van der Waals surface area contributed by atoms with E-state index in [0.29, 0.717) is 17.4 Å². The quantitative estimate of drug-likeness (QED) is 0.632. The van der Waals surface area contributed by atoms with Crippen LogP contribution in [0.25, 0.3) is 0 Å². The zero-order chi connectivity index (χ0) is 14.5. The van der Waals surface area contributed by atoms with Crippen LogP contribution in [0.5, 0.6) is 11.5 Å². The number of hydrogen-bond donors (Lipinski definition) is 2. The van der Waals surface area contributed by atoms with Gasteiger partial charge in [-0.15, -0.1) is 0 Å².